The first-order valence-corrected chi connectivity index (χ1v) is 7.41. The number of nitrogens with one attached hydrogen (secondary N) is 1. The van der Waals surface area contributed by atoms with Crippen LogP contribution in [0, 0.1) is 6.92 Å². The van der Waals surface area contributed by atoms with Gasteiger partial charge in [0.1, 0.15) is 17.5 Å². The first-order valence-electron chi connectivity index (χ1n) is 7.41. The highest BCUT2D eigenvalue weighted by atomic mass is 16.5. The minimum absolute atomic E-state index is 0.313. The Morgan fingerprint density at radius 3 is 2.45 bits per heavy atom. The van der Waals surface area contributed by atoms with E-state index in [1.165, 1.54) is 0 Å². The Morgan fingerprint density at radius 2 is 1.95 bits per heavy atom. The number of likely N-dealkylation sites (N-methyl/N-ethyl adjacent to an activating group) is 1. The van der Waals surface area contributed by atoms with Gasteiger partial charge >= 0.3 is 0 Å². The number of ether oxygens (including phenoxy) is 1. The van der Waals surface area contributed by atoms with E-state index >= 15 is 0 Å². The molecule has 114 valence electrons. The van der Waals surface area contributed by atoms with Crippen molar-refractivity contribution in [2.45, 2.75) is 40.5 Å². The van der Waals surface area contributed by atoms with Gasteiger partial charge in [0.15, 0.2) is 0 Å². The fourth-order valence-electron chi connectivity index (χ4n) is 2.04. The van der Waals surface area contributed by atoms with Gasteiger partial charge in [-0.05, 0) is 20.8 Å². The molecule has 0 saturated carbocycles. The van der Waals surface area contributed by atoms with Crippen molar-refractivity contribution in [3.63, 3.8) is 0 Å². The molecule has 0 atom stereocenters. The fraction of sp³-hybridized carbons (Fsp3) is 0.733. The Kier molecular flexibility index (Phi) is 6.71. The molecular weight excluding hydrogens is 252 g/mol. The molecule has 1 rings (SSSR count). The average Bonchev–Trinajstić information content (AvgIpc) is 2.43. The number of rotatable bonds is 8. The molecule has 0 unspecified atom stereocenters. The highest BCUT2D eigenvalue weighted by Crippen LogP contribution is 2.25. The lowest BCUT2D eigenvalue weighted by molar-refractivity contribution is 0.205. The zero-order chi connectivity index (χ0) is 15.1. The van der Waals surface area contributed by atoms with Crippen LogP contribution < -0.4 is 10.2 Å². The summed E-state index contributed by atoms with van der Waals surface area (Å²) in [4.78, 5) is 11.6. The lowest BCUT2D eigenvalue weighted by atomic mass is 10.2. The summed E-state index contributed by atoms with van der Waals surface area (Å²) in [5, 5.41) is 3.34. The maximum atomic E-state index is 5.19. The van der Waals surface area contributed by atoms with Gasteiger partial charge in [-0.15, -0.1) is 0 Å². The van der Waals surface area contributed by atoms with Gasteiger partial charge in [-0.3, -0.25) is 0 Å². The van der Waals surface area contributed by atoms with Crippen LogP contribution in [0.25, 0.3) is 0 Å². The summed E-state index contributed by atoms with van der Waals surface area (Å²) in [5.74, 6) is 3.15. The van der Waals surface area contributed by atoms with E-state index in [1.807, 2.05) is 0 Å². The molecular formula is C15H28N4O. The first-order chi connectivity index (χ1) is 9.54. The summed E-state index contributed by atoms with van der Waals surface area (Å²) < 4.78 is 5.19. The van der Waals surface area contributed by atoms with Crippen molar-refractivity contribution in [2.24, 2.45) is 0 Å². The molecule has 0 bridgehead atoms. The second-order valence-corrected chi connectivity index (χ2v) is 5.14. The lowest BCUT2D eigenvalue weighted by Crippen LogP contribution is -2.29. The van der Waals surface area contributed by atoms with Gasteiger partial charge in [0, 0.05) is 38.2 Å². The third-order valence-electron chi connectivity index (χ3n) is 3.24. The number of nitrogens with zero attached hydrogens (tertiary/aromatic N) is 3. The van der Waals surface area contributed by atoms with E-state index in [-0.39, 0.29) is 0 Å². The Morgan fingerprint density at radius 1 is 1.25 bits per heavy atom. The van der Waals surface area contributed by atoms with Crippen LogP contribution in [0.4, 0.5) is 11.6 Å². The van der Waals surface area contributed by atoms with Gasteiger partial charge in [0.2, 0.25) is 0 Å². The summed E-state index contributed by atoms with van der Waals surface area (Å²) in [6.45, 7) is 13.8. The highest BCUT2D eigenvalue weighted by molar-refractivity contribution is 5.58. The minimum atomic E-state index is 0.313. The van der Waals surface area contributed by atoms with Crippen LogP contribution in [-0.4, -0.2) is 43.3 Å². The van der Waals surface area contributed by atoms with Crippen LogP contribution in [0.15, 0.2) is 0 Å². The molecule has 5 nitrogen and oxygen atoms in total. The largest absolute Gasteiger partial charge is 0.383 e. The molecule has 0 aromatic carbocycles. The van der Waals surface area contributed by atoms with Crippen molar-refractivity contribution < 1.29 is 4.74 Å². The van der Waals surface area contributed by atoms with Crippen LogP contribution in [0.2, 0.25) is 0 Å². The number of hydrogen-bond acceptors (Lipinski definition) is 5. The maximum absolute atomic E-state index is 5.19. The highest BCUT2D eigenvalue weighted by Gasteiger charge is 2.16. The minimum Gasteiger partial charge on any atom is -0.383 e. The van der Waals surface area contributed by atoms with E-state index in [9.17, 15) is 0 Å². The van der Waals surface area contributed by atoms with Crippen LogP contribution in [0.5, 0.6) is 0 Å². The molecule has 1 N–H and O–H groups in total. The molecule has 0 radical (unpaired) electrons. The van der Waals surface area contributed by atoms with Gasteiger partial charge in [-0.2, -0.15) is 0 Å². The quantitative estimate of drug-likeness (QED) is 0.793. The second-order valence-electron chi connectivity index (χ2n) is 5.14. The zero-order valence-corrected chi connectivity index (χ0v) is 13.7. The van der Waals surface area contributed by atoms with Gasteiger partial charge in [-0.1, -0.05) is 13.8 Å². The summed E-state index contributed by atoms with van der Waals surface area (Å²) in [5.41, 5.74) is 1.11. The molecule has 0 aliphatic rings. The van der Waals surface area contributed by atoms with Crippen LogP contribution >= 0.6 is 0 Å². The Hall–Kier alpha value is -1.36. The SMILES string of the molecule is CCNc1nc(C(C)C)nc(N(CC)CCOC)c1C. The van der Waals surface area contributed by atoms with Gasteiger partial charge in [-0.25, -0.2) is 9.97 Å². The van der Waals surface area contributed by atoms with Gasteiger partial charge in [0.05, 0.1) is 6.61 Å². The van der Waals surface area contributed by atoms with E-state index in [4.69, 9.17) is 9.72 Å². The predicted octanol–water partition coefficient (Wildman–Crippen LogP) is 2.81. The maximum Gasteiger partial charge on any atom is 0.137 e. The molecule has 20 heavy (non-hydrogen) atoms. The molecule has 0 spiro atoms. The molecule has 0 fully saturated rings. The van der Waals surface area contributed by atoms with E-state index in [0.717, 1.165) is 42.7 Å². The van der Waals surface area contributed by atoms with E-state index < -0.39 is 0 Å². The second kappa shape index (κ2) is 8.04. The van der Waals surface area contributed by atoms with Crippen LogP contribution in [-0.2, 0) is 4.74 Å². The molecule has 0 aliphatic heterocycles. The summed E-state index contributed by atoms with van der Waals surface area (Å²) >= 11 is 0. The predicted molar refractivity (Wildman–Crippen MR) is 84.8 cm³/mol. The Balaban J connectivity index is 3.20. The van der Waals surface area contributed by atoms with Crippen molar-refractivity contribution in [2.75, 3.05) is 43.6 Å². The number of methoxy groups -OCH3 is 1. The Labute approximate surface area is 122 Å². The van der Waals surface area contributed by atoms with E-state index in [1.54, 1.807) is 7.11 Å². The van der Waals surface area contributed by atoms with E-state index in [2.05, 4.69) is 49.8 Å². The standard InChI is InChI=1S/C15H28N4O/c1-7-16-14-12(5)15(18-13(17-14)11(3)4)19(8-2)9-10-20-6/h11H,7-10H2,1-6H3,(H,16,17,18). The van der Waals surface area contributed by atoms with Gasteiger partial charge in [0.25, 0.3) is 0 Å². The lowest BCUT2D eigenvalue weighted by Gasteiger charge is -2.25. The average molecular weight is 280 g/mol. The van der Waals surface area contributed by atoms with Crippen molar-refractivity contribution in [3.05, 3.63) is 11.4 Å². The molecule has 1 aromatic rings. The molecule has 0 amide bonds. The molecule has 1 heterocycles. The topological polar surface area (TPSA) is 50.3 Å². The summed E-state index contributed by atoms with van der Waals surface area (Å²) in [6.07, 6.45) is 0. The monoisotopic (exact) mass is 280 g/mol. The molecule has 0 aliphatic carbocycles. The van der Waals surface area contributed by atoms with Crippen molar-refractivity contribution >= 4 is 11.6 Å². The third kappa shape index (κ3) is 4.07. The first kappa shape index (κ1) is 16.7. The number of anilines is 2. The molecule has 5 heteroatoms. The zero-order valence-electron chi connectivity index (χ0n) is 13.7. The van der Waals surface area contributed by atoms with E-state index in [0.29, 0.717) is 12.5 Å². The normalized spacial score (nSPS) is 10.9. The van der Waals surface area contributed by atoms with Gasteiger partial charge < -0.3 is 15.0 Å². The molecule has 1 aromatic heterocycles. The fourth-order valence-corrected chi connectivity index (χ4v) is 2.04. The molecule has 0 saturated heterocycles. The third-order valence-corrected chi connectivity index (χ3v) is 3.24. The van der Waals surface area contributed by atoms with Crippen molar-refractivity contribution in [1.29, 1.82) is 0 Å². The van der Waals surface area contributed by atoms with Crippen molar-refractivity contribution in [3.8, 4) is 0 Å². The summed E-state index contributed by atoms with van der Waals surface area (Å²) in [7, 11) is 1.73. The van der Waals surface area contributed by atoms with Crippen LogP contribution in [0.1, 0.15) is 45.0 Å². The van der Waals surface area contributed by atoms with Crippen molar-refractivity contribution in [1.82, 2.24) is 9.97 Å². The smallest absolute Gasteiger partial charge is 0.137 e. The Bertz CT molecular complexity index is 421. The van der Waals surface area contributed by atoms with Crippen LogP contribution in [0.3, 0.4) is 0 Å². The number of aromatic nitrogens is 2. The number of hydrogen-bond donors (Lipinski definition) is 1. The summed E-state index contributed by atoms with van der Waals surface area (Å²) in [6, 6.07) is 0.